The van der Waals surface area contributed by atoms with Gasteiger partial charge in [0.2, 0.25) is 0 Å². The van der Waals surface area contributed by atoms with Crippen LogP contribution in [-0.2, 0) is 19.1 Å². The Morgan fingerprint density at radius 3 is 1.53 bits per heavy atom. The van der Waals surface area contributed by atoms with E-state index in [0.29, 0.717) is 43.5 Å². The van der Waals surface area contributed by atoms with E-state index in [1.807, 2.05) is 36.4 Å². The van der Waals surface area contributed by atoms with Gasteiger partial charge in [-0.1, -0.05) is 37.4 Å². The standard InChI is InChI=1S/C38H44O9/c1-3-36(40)45-26-10-6-4-8-24-43-33-18-12-30(13-19-33)31-14-22-35(23-15-31)47-38(42)32-16-20-34(21-17-32)44-25-9-5-7-11-27-46-37(41)29(2)28-39/h3,12-23,39H,1-2,4-11,24-28H2. The van der Waals surface area contributed by atoms with Gasteiger partial charge in [-0.3, -0.25) is 0 Å². The molecule has 0 spiro atoms. The molecule has 9 heteroatoms. The molecule has 0 amide bonds. The van der Waals surface area contributed by atoms with Crippen molar-refractivity contribution >= 4 is 17.9 Å². The van der Waals surface area contributed by atoms with E-state index in [1.165, 1.54) is 6.08 Å². The number of unbranched alkanes of at least 4 members (excludes halogenated alkanes) is 6. The van der Waals surface area contributed by atoms with Gasteiger partial charge in [0.25, 0.3) is 0 Å². The molecule has 3 aromatic carbocycles. The van der Waals surface area contributed by atoms with E-state index in [0.717, 1.165) is 68.2 Å². The van der Waals surface area contributed by atoms with Gasteiger partial charge in [0, 0.05) is 6.08 Å². The Bertz CT molecular complexity index is 1410. The lowest BCUT2D eigenvalue weighted by atomic mass is 10.1. The Hall–Kier alpha value is -4.89. The molecule has 0 aliphatic rings. The van der Waals surface area contributed by atoms with Crippen LogP contribution in [0.1, 0.15) is 61.7 Å². The fraction of sp³-hybridized carbons (Fsp3) is 0.342. The predicted molar refractivity (Wildman–Crippen MR) is 180 cm³/mol. The third-order valence-corrected chi connectivity index (χ3v) is 7.08. The van der Waals surface area contributed by atoms with Gasteiger partial charge in [-0.2, -0.15) is 0 Å². The summed E-state index contributed by atoms with van der Waals surface area (Å²) in [5, 5.41) is 8.85. The number of benzene rings is 3. The van der Waals surface area contributed by atoms with Crippen LogP contribution in [0.2, 0.25) is 0 Å². The van der Waals surface area contributed by atoms with E-state index in [4.69, 9.17) is 28.8 Å². The molecule has 250 valence electrons. The van der Waals surface area contributed by atoms with Crippen LogP contribution < -0.4 is 14.2 Å². The number of carbonyl (C=O) groups is 3. The average molecular weight is 645 g/mol. The summed E-state index contributed by atoms with van der Waals surface area (Å²) >= 11 is 0. The molecule has 0 radical (unpaired) electrons. The zero-order valence-corrected chi connectivity index (χ0v) is 26.8. The molecule has 1 N–H and O–H groups in total. The van der Waals surface area contributed by atoms with E-state index in [-0.39, 0.29) is 11.5 Å². The van der Waals surface area contributed by atoms with Gasteiger partial charge >= 0.3 is 17.9 Å². The van der Waals surface area contributed by atoms with E-state index in [2.05, 4.69) is 13.2 Å². The van der Waals surface area contributed by atoms with Crippen molar-refractivity contribution in [2.24, 2.45) is 0 Å². The van der Waals surface area contributed by atoms with Gasteiger partial charge in [-0.25, -0.2) is 14.4 Å². The Labute approximate surface area is 276 Å². The first kappa shape index (κ1) is 36.6. The minimum atomic E-state index is -0.561. The third-order valence-electron chi connectivity index (χ3n) is 7.08. The lowest BCUT2D eigenvalue weighted by Crippen LogP contribution is -2.10. The van der Waals surface area contributed by atoms with E-state index in [9.17, 15) is 14.4 Å². The molecular formula is C38H44O9. The maximum Gasteiger partial charge on any atom is 0.343 e. The summed E-state index contributed by atoms with van der Waals surface area (Å²) in [7, 11) is 0. The molecular weight excluding hydrogens is 600 g/mol. The zero-order valence-electron chi connectivity index (χ0n) is 26.8. The summed E-state index contributed by atoms with van der Waals surface area (Å²) in [5.41, 5.74) is 2.49. The summed E-state index contributed by atoms with van der Waals surface area (Å²) in [6.07, 6.45) is 8.27. The van der Waals surface area contributed by atoms with E-state index < -0.39 is 18.5 Å². The number of hydrogen-bond donors (Lipinski definition) is 1. The van der Waals surface area contributed by atoms with E-state index in [1.54, 1.807) is 36.4 Å². The first-order valence-electron chi connectivity index (χ1n) is 15.9. The number of rotatable bonds is 22. The highest BCUT2D eigenvalue weighted by molar-refractivity contribution is 5.91. The minimum Gasteiger partial charge on any atom is -0.494 e. The number of carbonyl (C=O) groups excluding carboxylic acids is 3. The summed E-state index contributed by atoms with van der Waals surface area (Å²) in [6.45, 7) is 8.28. The lowest BCUT2D eigenvalue weighted by Gasteiger charge is -2.09. The fourth-order valence-corrected chi connectivity index (χ4v) is 4.37. The zero-order chi connectivity index (χ0) is 33.7. The van der Waals surface area contributed by atoms with Crippen LogP contribution in [0.15, 0.2) is 97.6 Å². The second kappa shape index (κ2) is 21.0. The second-order valence-electron chi connectivity index (χ2n) is 10.8. The smallest absolute Gasteiger partial charge is 0.343 e. The Morgan fingerprint density at radius 2 is 1.04 bits per heavy atom. The average Bonchev–Trinajstić information content (AvgIpc) is 3.10. The normalized spacial score (nSPS) is 10.5. The summed E-state index contributed by atoms with van der Waals surface area (Å²) in [6, 6.07) is 22.0. The van der Waals surface area contributed by atoms with Crippen LogP contribution >= 0.6 is 0 Å². The molecule has 47 heavy (non-hydrogen) atoms. The predicted octanol–water partition coefficient (Wildman–Crippen LogP) is 7.27. The van der Waals surface area contributed by atoms with Crippen LogP contribution in [0.5, 0.6) is 17.2 Å². The van der Waals surface area contributed by atoms with E-state index >= 15 is 0 Å². The first-order chi connectivity index (χ1) is 22.9. The molecule has 0 unspecified atom stereocenters. The Morgan fingerprint density at radius 1 is 0.596 bits per heavy atom. The van der Waals surface area contributed by atoms with Crippen molar-refractivity contribution in [1.29, 1.82) is 0 Å². The van der Waals surface area contributed by atoms with Crippen molar-refractivity contribution in [3.05, 3.63) is 103 Å². The molecule has 0 heterocycles. The van der Waals surface area contributed by atoms with Crippen molar-refractivity contribution in [1.82, 2.24) is 0 Å². The maximum absolute atomic E-state index is 12.7. The molecule has 3 rings (SSSR count). The largest absolute Gasteiger partial charge is 0.494 e. The molecule has 9 nitrogen and oxygen atoms in total. The van der Waals surface area contributed by atoms with Crippen LogP contribution in [0.4, 0.5) is 0 Å². The summed E-state index contributed by atoms with van der Waals surface area (Å²) in [4.78, 5) is 35.1. The van der Waals surface area contributed by atoms with Crippen LogP contribution in [0, 0.1) is 0 Å². The number of esters is 3. The van der Waals surface area contributed by atoms with Crippen molar-refractivity contribution < 1.29 is 43.2 Å². The van der Waals surface area contributed by atoms with Gasteiger partial charge in [0.1, 0.15) is 17.2 Å². The second-order valence-corrected chi connectivity index (χ2v) is 10.8. The highest BCUT2D eigenvalue weighted by atomic mass is 16.5. The highest BCUT2D eigenvalue weighted by Gasteiger charge is 2.10. The molecule has 0 saturated heterocycles. The molecule has 0 aliphatic heterocycles. The number of aliphatic hydroxyl groups is 1. The van der Waals surface area contributed by atoms with Crippen LogP contribution in [0.3, 0.4) is 0 Å². The molecule has 0 fully saturated rings. The van der Waals surface area contributed by atoms with Crippen LogP contribution in [0.25, 0.3) is 11.1 Å². The summed E-state index contributed by atoms with van der Waals surface area (Å²) in [5.74, 6) is 0.519. The number of hydrogen-bond acceptors (Lipinski definition) is 9. The first-order valence-corrected chi connectivity index (χ1v) is 15.9. The number of ether oxygens (including phenoxy) is 5. The molecule has 3 aromatic rings. The van der Waals surface area contributed by atoms with Crippen molar-refractivity contribution in [2.75, 3.05) is 33.0 Å². The molecule has 0 aliphatic carbocycles. The van der Waals surface area contributed by atoms with Gasteiger partial charge in [-0.05, 0) is 111 Å². The monoisotopic (exact) mass is 644 g/mol. The molecule has 0 bridgehead atoms. The maximum atomic E-state index is 12.7. The SMILES string of the molecule is C=CC(=O)OCCCCCCOc1ccc(-c2ccc(OC(=O)c3ccc(OCCCCCCOC(=O)C(=C)CO)cc3)cc2)cc1. The van der Waals surface area contributed by atoms with Gasteiger partial charge in [0.15, 0.2) is 0 Å². The van der Waals surface area contributed by atoms with Crippen molar-refractivity contribution in [3.8, 4) is 28.4 Å². The molecule has 0 atom stereocenters. The van der Waals surface area contributed by atoms with Gasteiger partial charge in [-0.15, -0.1) is 0 Å². The molecule has 0 saturated carbocycles. The quantitative estimate of drug-likeness (QED) is 0.0521. The van der Waals surface area contributed by atoms with Gasteiger partial charge < -0.3 is 28.8 Å². The van der Waals surface area contributed by atoms with Crippen molar-refractivity contribution in [2.45, 2.75) is 51.4 Å². The topological polar surface area (TPSA) is 118 Å². The van der Waals surface area contributed by atoms with Crippen LogP contribution in [-0.4, -0.2) is 56.0 Å². The molecule has 0 aromatic heterocycles. The minimum absolute atomic E-state index is 0.0561. The third kappa shape index (κ3) is 14.0. The highest BCUT2D eigenvalue weighted by Crippen LogP contribution is 2.25. The fourth-order valence-electron chi connectivity index (χ4n) is 4.37. The van der Waals surface area contributed by atoms with Crippen molar-refractivity contribution in [3.63, 3.8) is 0 Å². The van der Waals surface area contributed by atoms with Gasteiger partial charge in [0.05, 0.1) is 44.2 Å². The number of aliphatic hydroxyl groups excluding tert-OH is 1. The Kier molecular flexibility index (Phi) is 16.3. The Balaban J connectivity index is 1.31. The lowest BCUT2D eigenvalue weighted by molar-refractivity contribution is -0.140. The summed E-state index contributed by atoms with van der Waals surface area (Å²) < 4.78 is 27.1.